The number of carbonyl (C=O) groups is 1. The van der Waals surface area contributed by atoms with Gasteiger partial charge in [-0.15, -0.1) is 0 Å². The SMILES string of the molecule is Cn1cc(C(=O)Nc2ccc(CS(N)(=O)=O)cc2)cn1. The first-order chi connectivity index (χ1) is 9.33. The van der Waals surface area contributed by atoms with Crippen LogP contribution < -0.4 is 10.5 Å². The number of anilines is 1. The van der Waals surface area contributed by atoms with Crippen LogP contribution in [0.4, 0.5) is 5.69 Å². The van der Waals surface area contributed by atoms with Crippen molar-refractivity contribution in [2.45, 2.75) is 5.75 Å². The predicted octanol–water partition coefficient (Wildman–Crippen LogP) is 0.461. The van der Waals surface area contributed by atoms with Crippen LogP contribution in [0.5, 0.6) is 0 Å². The molecule has 20 heavy (non-hydrogen) atoms. The van der Waals surface area contributed by atoms with Crippen molar-refractivity contribution in [1.82, 2.24) is 9.78 Å². The second-order valence-electron chi connectivity index (χ2n) is 4.36. The third-order valence-electron chi connectivity index (χ3n) is 2.55. The van der Waals surface area contributed by atoms with Crippen LogP contribution in [0.3, 0.4) is 0 Å². The van der Waals surface area contributed by atoms with Gasteiger partial charge in [0.15, 0.2) is 0 Å². The molecule has 8 heteroatoms. The zero-order valence-electron chi connectivity index (χ0n) is 10.8. The first-order valence-electron chi connectivity index (χ1n) is 5.73. The lowest BCUT2D eigenvalue weighted by atomic mass is 10.2. The molecule has 0 saturated heterocycles. The number of nitrogens with zero attached hydrogens (tertiary/aromatic N) is 2. The molecule has 7 nitrogen and oxygen atoms in total. The van der Waals surface area contributed by atoms with E-state index in [9.17, 15) is 13.2 Å². The van der Waals surface area contributed by atoms with Crippen LogP contribution >= 0.6 is 0 Å². The van der Waals surface area contributed by atoms with Crippen LogP contribution in [-0.4, -0.2) is 24.1 Å². The molecule has 1 heterocycles. The van der Waals surface area contributed by atoms with E-state index in [-0.39, 0.29) is 11.7 Å². The Morgan fingerprint density at radius 1 is 1.35 bits per heavy atom. The highest BCUT2D eigenvalue weighted by atomic mass is 32.2. The third kappa shape index (κ3) is 3.90. The van der Waals surface area contributed by atoms with Gasteiger partial charge in [-0.25, -0.2) is 13.6 Å². The number of aromatic nitrogens is 2. The Balaban J connectivity index is 2.06. The number of hydrogen-bond donors (Lipinski definition) is 2. The number of primary sulfonamides is 1. The van der Waals surface area contributed by atoms with Crippen molar-refractivity contribution in [2.75, 3.05) is 5.32 Å². The van der Waals surface area contributed by atoms with Gasteiger partial charge in [-0.2, -0.15) is 5.10 Å². The minimum atomic E-state index is -3.55. The zero-order valence-corrected chi connectivity index (χ0v) is 11.6. The highest BCUT2D eigenvalue weighted by molar-refractivity contribution is 7.88. The molecule has 1 aromatic heterocycles. The minimum Gasteiger partial charge on any atom is -0.322 e. The lowest BCUT2D eigenvalue weighted by molar-refractivity contribution is 0.102. The van der Waals surface area contributed by atoms with E-state index in [0.717, 1.165) is 0 Å². The summed E-state index contributed by atoms with van der Waals surface area (Å²) in [5, 5.41) is 11.6. The van der Waals surface area contributed by atoms with Gasteiger partial charge in [0.2, 0.25) is 10.0 Å². The van der Waals surface area contributed by atoms with Gasteiger partial charge in [-0.1, -0.05) is 12.1 Å². The van der Waals surface area contributed by atoms with Gasteiger partial charge in [0, 0.05) is 18.9 Å². The normalized spacial score (nSPS) is 11.3. The molecule has 0 atom stereocenters. The summed E-state index contributed by atoms with van der Waals surface area (Å²) in [6, 6.07) is 6.44. The molecule has 1 amide bonds. The molecule has 106 valence electrons. The lowest BCUT2D eigenvalue weighted by Gasteiger charge is -2.05. The van der Waals surface area contributed by atoms with Crippen molar-refractivity contribution in [3.8, 4) is 0 Å². The number of nitrogens with one attached hydrogen (secondary N) is 1. The quantitative estimate of drug-likeness (QED) is 0.854. The number of aryl methyl sites for hydroxylation is 1. The summed E-state index contributed by atoms with van der Waals surface area (Å²) in [6.45, 7) is 0. The summed E-state index contributed by atoms with van der Waals surface area (Å²) in [7, 11) is -1.83. The molecule has 0 radical (unpaired) electrons. The molecule has 2 rings (SSSR count). The summed E-state index contributed by atoms with van der Waals surface area (Å²) in [6.07, 6.45) is 3.06. The number of sulfonamides is 1. The van der Waals surface area contributed by atoms with E-state index in [2.05, 4.69) is 10.4 Å². The Morgan fingerprint density at radius 3 is 2.50 bits per heavy atom. The fourth-order valence-corrected chi connectivity index (χ4v) is 2.32. The van der Waals surface area contributed by atoms with E-state index >= 15 is 0 Å². The van der Waals surface area contributed by atoms with Crippen molar-refractivity contribution < 1.29 is 13.2 Å². The molecule has 0 aliphatic carbocycles. The Kier molecular flexibility index (Phi) is 3.86. The molecule has 0 aliphatic heterocycles. The summed E-state index contributed by atoms with van der Waals surface area (Å²) in [5.41, 5.74) is 1.57. The second-order valence-corrected chi connectivity index (χ2v) is 5.98. The Morgan fingerprint density at radius 2 is 2.00 bits per heavy atom. The van der Waals surface area contributed by atoms with E-state index in [1.165, 1.54) is 10.9 Å². The van der Waals surface area contributed by atoms with Crippen LogP contribution in [0.25, 0.3) is 0 Å². The highest BCUT2D eigenvalue weighted by Crippen LogP contribution is 2.12. The first-order valence-corrected chi connectivity index (χ1v) is 7.44. The minimum absolute atomic E-state index is 0.232. The van der Waals surface area contributed by atoms with E-state index in [1.807, 2.05) is 0 Å². The standard InChI is InChI=1S/C12H14N4O3S/c1-16-7-10(6-14-16)12(17)15-11-4-2-9(3-5-11)8-20(13,18)19/h2-7H,8H2,1H3,(H,15,17)(H2,13,18,19). The lowest BCUT2D eigenvalue weighted by Crippen LogP contribution is -2.14. The summed E-state index contributed by atoms with van der Waals surface area (Å²) in [5.74, 6) is -0.513. The van der Waals surface area contributed by atoms with Gasteiger partial charge >= 0.3 is 0 Å². The largest absolute Gasteiger partial charge is 0.322 e. The van der Waals surface area contributed by atoms with E-state index in [4.69, 9.17) is 5.14 Å². The third-order valence-corrected chi connectivity index (χ3v) is 3.28. The highest BCUT2D eigenvalue weighted by Gasteiger charge is 2.09. The molecule has 0 saturated carbocycles. The number of nitrogens with two attached hydrogens (primary N) is 1. The Labute approximate surface area is 116 Å². The maximum Gasteiger partial charge on any atom is 0.258 e. The predicted molar refractivity (Wildman–Crippen MR) is 74.4 cm³/mol. The fraction of sp³-hybridized carbons (Fsp3) is 0.167. The molecule has 1 aromatic carbocycles. The smallest absolute Gasteiger partial charge is 0.258 e. The molecule has 0 spiro atoms. The van der Waals surface area contributed by atoms with Crippen molar-refractivity contribution in [3.05, 3.63) is 47.8 Å². The van der Waals surface area contributed by atoms with Gasteiger partial charge in [0.1, 0.15) is 0 Å². The molecular weight excluding hydrogens is 280 g/mol. The Hall–Kier alpha value is -2.19. The average molecular weight is 294 g/mol. The number of rotatable bonds is 4. The summed E-state index contributed by atoms with van der Waals surface area (Å²) < 4.78 is 23.4. The molecule has 0 unspecified atom stereocenters. The van der Waals surface area contributed by atoms with Crippen LogP contribution in [0.15, 0.2) is 36.7 Å². The van der Waals surface area contributed by atoms with Crippen molar-refractivity contribution in [3.63, 3.8) is 0 Å². The topological polar surface area (TPSA) is 107 Å². The molecule has 3 N–H and O–H groups in total. The van der Waals surface area contributed by atoms with Crippen molar-refractivity contribution in [2.24, 2.45) is 12.2 Å². The van der Waals surface area contributed by atoms with Gasteiger partial charge < -0.3 is 5.32 Å². The molecular formula is C12H14N4O3S. The first kappa shape index (κ1) is 14.2. The molecule has 0 bridgehead atoms. The van der Waals surface area contributed by atoms with Gasteiger partial charge in [-0.05, 0) is 17.7 Å². The summed E-state index contributed by atoms with van der Waals surface area (Å²) >= 11 is 0. The van der Waals surface area contributed by atoms with Gasteiger partial charge in [0.05, 0.1) is 17.5 Å². The maximum atomic E-state index is 11.9. The number of amides is 1. The van der Waals surface area contributed by atoms with E-state index < -0.39 is 10.0 Å². The zero-order chi connectivity index (χ0) is 14.8. The number of hydrogen-bond acceptors (Lipinski definition) is 4. The van der Waals surface area contributed by atoms with Gasteiger partial charge in [-0.3, -0.25) is 9.48 Å². The maximum absolute atomic E-state index is 11.9. The van der Waals surface area contributed by atoms with Crippen LogP contribution in [0.2, 0.25) is 0 Å². The molecule has 0 fully saturated rings. The van der Waals surface area contributed by atoms with Crippen molar-refractivity contribution in [1.29, 1.82) is 0 Å². The van der Waals surface area contributed by atoms with Crippen LogP contribution in [0.1, 0.15) is 15.9 Å². The van der Waals surface area contributed by atoms with E-state index in [0.29, 0.717) is 16.8 Å². The number of carbonyl (C=O) groups excluding carboxylic acids is 1. The molecule has 0 aliphatic rings. The fourth-order valence-electron chi connectivity index (χ4n) is 1.66. The Bertz CT molecular complexity index is 719. The monoisotopic (exact) mass is 294 g/mol. The van der Waals surface area contributed by atoms with Crippen molar-refractivity contribution >= 4 is 21.6 Å². The average Bonchev–Trinajstić information content (AvgIpc) is 2.77. The second kappa shape index (κ2) is 5.43. The summed E-state index contributed by atoms with van der Waals surface area (Å²) in [4.78, 5) is 11.9. The van der Waals surface area contributed by atoms with Gasteiger partial charge in [0.25, 0.3) is 5.91 Å². The van der Waals surface area contributed by atoms with Crippen LogP contribution in [0, 0.1) is 0 Å². The molecule has 2 aromatic rings. The number of benzene rings is 1. The van der Waals surface area contributed by atoms with E-state index in [1.54, 1.807) is 37.5 Å². The van der Waals surface area contributed by atoms with Crippen LogP contribution in [-0.2, 0) is 22.8 Å².